The Hall–Kier alpha value is -2.07. The summed E-state index contributed by atoms with van der Waals surface area (Å²) in [5.74, 6) is 0.806. The predicted octanol–water partition coefficient (Wildman–Crippen LogP) is 3.42. The normalized spacial score (nSPS) is 12.1. The third-order valence-electron chi connectivity index (χ3n) is 3.97. The molecule has 0 spiro atoms. The van der Waals surface area contributed by atoms with Gasteiger partial charge in [0.05, 0.1) is 0 Å². The van der Waals surface area contributed by atoms with Crippen LogP contribution in [0.25, 0.3) is 0 Å². The summed E-state index contributed by atoms with van der Waals surface area (Å²) in [4.78, 5) is 8.38. The van der Waals surface area contributed by atoms with Crippen molar-refractivity contribution in [2.45, 2.75) is 25.7 Å². The molecule has 5 heteroatoms. The van der Waals surface area contributed by atoms with E-state index in [9.17, 15) is 0 Å². The lowest BCUT2D eigenvalue weighted by Crippen LogP contribution is -2.44. The topological polar surface area (TPSA) is 49.3 Å². The Balaban J connectivity index is 1.81. The number of hydrogen-bond acceptors (Lipinski definition) is 2. The van der Waals surface area contributed by atoms with Crippen molar-refractivity contribution >= 4 is 17.6 Å². The fraction of sp³-hybridized carbons (Fsp3) is 0.368. The van der Waals surface area contributed by atoms with Crippen molar-refractivity contribution in [3.63, 3.8) is 0 Å². The Morgan fingerprint density at radius 1 is 1.12 bits per heavy atom. The number of nitrogens with one attached hydrogen (secondary N) is 2. The highest BCUT2D eigenvalue weighted by molar-refractivity contribution is 6.29. The highest BCUT2D eigenvalue weighted by Crippen LogP contribution is 2.21. The van der Waals surface area contributed by atoms with Crippen LogP contribution in [-0.4, -0.2) is 31.1 Å². The molecule has 1 aromatic carbocycles. The molecule has 2 rings (SSSR count). The monoisotopic (exact) mass is 344 g/mol. The SMILES string of the molecule is CN=C(NCCc1ccc(Cl)nc1)NCC(C)(C)c1ccccc1. The minimum absolute atomic E-state index is 0.0268. The first-order chi connectivity index (χ1) is 11.5. The summed E-state index contributed by atoms with van der Waals surface area (Å²) in [6, 6.07) is 14.3. The zero-order valence-electron chi connectivity index (χ0n) is 14.5. The fourth-order valence-electron chi connectivity index (χ4n) is 2.40. The van der Waals surface area contributed by atoms with Crippen LogP contribution in [0.1, 0.15) is 25.0 Å². The lowest BCUT2D eigenvalue weighted by atomic mass is 9.85. The predicted molar refractivity (Wildman–Crippen MR) is 102 cm³/mol. The number of pyridine rings is 1. The highest BCUT2D eigenvalue weighted by atomic mass is 35.5. The molecule has 0 aliphatic rings. The number of nitrogens with zero attached hydrogens (tertiary/aromatic N) is 2. The van der Waals surface area contributed by atoms with Gasteiger partial charge in [0.25, 0.3) is 0 Å². The molecule has 2 N–H and O–H groups in total. The molecule has 0 aliphatic heterocycles. The van der Waals surface area contributed by atoms with Crippen molar-refractivity contribution < 1.29 is 0 Å². The fourth-order valence-corrected chi connectivity index (χ4v) is 2.51. The summed E-state index contributed by atoms with van der Waals surface area (Å²) in [7, 11) is 1.79. The largest absolute Gasteiger partial charge is 0.356 e. The van der Waals surface area contributed by atoms with Crippen LogP contribution in [0.4, 0.5) is 0 Å². The maximum absolute atomic E-state index is 5.80. The number of aromatic nitrogens is 1. The Kier molecular flexibility index (Phi) is 6.62. The summed E-state index contributed by atoms with van der Waals surface area (Å²) in [6.45, 7) is 6.04. The van der Waals surface area contributed by atoms with E-state index >= 15 is 0 Å². The maximum Gasteiger partial charge on any atom is 0.191 e. The molecule has 24 heavy (non-hydrogen) atoms. The molecule has 1 heterocycles. The van der Waals surface area contributed by atoms with Gasteiger partial charge in [-0.05, 0) is 23.6 Å². The molecule has 0 radical (unpaired) electrons. The molecule has 0 amide bonds. The first-order valence-electron chi connectivity index (χ1n) is 8.12. The van der Waals surface area contributed by atoms with Crippen LogP contribution < -0.4 is 10.6 Å². The lowest BCUT2D eigenvalue weighted by molar-refractivity contribution is 0.508. The van der Waals surface area contributed by atoms with Gasteiger partial charge in [0.2, 0.25) is 0 Å². The molecule has 0 aliphatic carbocycles. The van der Waals surface area contributed by atoms with Gasteiger partial charge in [0.15, 0.2) is 5.96 Å². The summed E-state index contributed by atoms with van der Waals surface area (Å²) >= 11 is 5.80. The van der Waals surface area contributed by atoms with Crippen molar-refractivity contribution in [1.29, 1.82) is 0 Å². The van der Waals surface area contributed by atoms with E-state index in [2.05, 4.69) is 58.7 Å². The highest BCUT2D eigenvalue weighted by Gasteiger charge is 2.20. The van der Waals surface area contributed by atoms with E-state index < -0.39 is 0 Å². The van der Waals surface area contributed by atoms with Gasteiger partial charge in [-0.15, -0.1) is 0 Å². The second-order valence-electron chi connectivity index (χ2n) is 6.34. The van der Waals surface area contributed by atoms with Crippen LogP contribution in [0.15, 0.2) is 53.7 Å². The Morgan fingerprint density at radius 2 is 1.88 bits per heavy atom. The lowest BCUT2D eigenvalue weighted by Gasteiger charge is -2.26. The van der Waals surface area contributed by atoms with Gasteiger partial charge >= 0.3 is 0 Å². The molecule has 4 nitrogen and oxygen atoms in total. The number of aliphatic imine (C=N–C) groups is 1. The summed E-state index contributed by atoms with van der Waals surface area (Å²) in [6.07, 6.45) is 2.67. The summed E-state index contributed by atoms with van der Waals surface area (Å²) in [5, 5.41) is 7.26. The van der Waals surface area contributed by atoms with Gasteiger partial charge in [-0.2, -0.15) is 0 Å². The first kappa shape index (κ1) is 18.3. The van der Waals surface area contributed by atoms with Crippen LogP contribution in [0.2, 0.25) is 5.15 Å². The molecule has 1 aromatic heterocycles. The minimum atomic E-state index is 0.0268. The molecule has 0 fully saturated rings. The van der Waals surface area contributed by atoms with Gasteiger partial charge in [-0.1, -0.05) is 61.8 Å². The van der Waals surface area contributed by atoms with Crippen molar-refractivity contribution in [2.24, 2.45) is 4.99 Å². The maximum atomic E-state index is 5.80. The van der Waals surface area contributed by atoms with E-state index in [4.69, 9.17) is 11.6 Å². The Labute approximate surface area is 149 Å². The van der Waals surface area contributed by atoms with Gasteiger partial charge < -0.3 is 10.6 Å². The number of guanidine groups is 1. The molecule has 0 bridgehead atoms. The summed E-state index contributed by atoms with van der Waals surface area (Å²) in [5.41, 5.74) is 2.48. The van der Waals surface area contributed by atoms with Crippen LogP contribution in [-0.2, 0) is 11.8 Å². The van der Waals surface area contributed by atoms with Crippen molar-refractivity contribution in [1.82, 2.24) is 15.6 Å². The van der Waals surface area contributed by atoms with E-state index in [1.165, 1.54) is 5.56 Å². The average molecular weight is 345 g/mol. The summed E-state index contributed by atoms with van der Waals surface area (Å²) < 4.78 is 0. The first-order valence-corrected chi connectivity index (χ1v) is 8.49. The molecule has 0 saturated heterocycles. The zero-order chi connectivity index (χ0) is 17.4. The second-order valence-corrected chi connectivity index (χ2v) is 6.73. The van der Waals surface area contributed by atoms with E-state index in [0.29, 0.717) is 5.15 Å². The van der Waals surface area contributed by atoms with E-state index in [1.54, 1.807) is 13.2 Å². The minimum Gasteiger partial charge on any atom is -0.356 e. The number of halogens is 1. The second kappa shape index (κ2) is 8.69. The van der Waals surface area contributed by atoms with Crippen LogP contribution in [0, 0.1) is 0 Å². The van der Waals surface area contributed by atoms with Crippen LogP contribution in [0.3, 0.4) is 0 Å². The molecular formula is C19H25ClN4. The van der Waals surface area contributed by atoms with Gasteiger partial charge in [-0.25, -0.2) is 4.98 Å². The van der Waals surface area contributed by atoms with E-state index in [0.717, 1.165) is 31.0 Å². The number of benzene rings is 1. The molecule has 0 saturated carbocycles. The zero-order valence-corrected chi connectivity index (χ0v) is 15.3. The van der Waals surface area contributed by atoms with Gasteiger partial charge in [-0.3, -0.25) is 4.99 Å². The average Bonchev–Trinajstić information content (AvgIpc) is 2.60. The third-order valence-corrected chi connectivity index (χ3v) is 4.19. The third kappa shape index (κ3) is 5.53. The molecule has 128 valence electrons. The van der Waals surface area contributed by atoms with Gasteiger partial charge in [0, 0.05) is 31.7 Å². The molecule has 0 atom stereocenters. The standard InChI is InChI=1S/C19H25ClN4/c1-19(2,16-7-5-4-6-8-16)14-24-18(21-3)22-12-11-15-9-10-17(20)23-13-15/h4-10,13H,11-12,14H2,1-3H3,(H2,21,22,24). The number of rotatable bonds is 6. The van der Waals surface area contributed by atoms with E-state index in [-0.39, 0.29) is 5.41 Å². The Morgan fingerprint density at radius 3 is 2.50 bits per heavy atom. The van der Waals surface area contributed by atoms with Crippen LogP contribution >= 0.6 is 11.6 Å². The van der Waals surface area contributed by atoms with E-state index in [1.807, 2.05) is 18.2 Å². The van der Waals surface area contributed by atoms with Crippen molar-refractivity contribution in [2.75, 3.05) is 20.1 Å². The molecular weight excluding hydrogens is 320 g/mol. The molecule has 2 aromatic rings. The van der Waals surface area contributed by atoms with Crippen LogP contribution in [0.5, 0.6) is 0 Å². The Bertz CT molecular complexity index is 651. The quantitative estimate of drug-likeness (QED) is 0.479. The number of hydrogen-bond donors (Lipinski definition) is 2. The van der Waals surface area contributed by atoms with Gasteiger partial charge in [0.1, 0.15) is 5.15 Å². The smallest absolute Gasteiger partial charge is 0.191 e. The van der Waals surface area contributed by atoms with Crippen molar-refractivity contribution in [3.05, 3.63) is 64.9 Å². The van der Waals surface area contributed by atoms with Crippen molar-refractivity contribution in [3.8, 4) is 0 Å². The molecule has 0 unspecified atom stereocenters.